The lowest BCUT2D eigenvalue weighted by atomic mass is 10.2. The van der Waals surface area contributed by atoms with E-state index in [0.717, 1.165) is 12.1 Å². The molecule has 0 bridgehead atoms. The number of hydrogen-bond acceptors (Lipinski definition) is 4. The maximum absolute atomic E-state index is 13.3. The predicted octanol–water partition coefficient (Wildman–Crippen LogP) is 3.14. The molecule has 3 rings (SSSR count). The molecule has 1 aromatic carbocycles. The first-order chi connectivity index (χ1) is 12.9. The highest BCUT2D eigenvalue weighted by Gasteiger charge is 2.13. The van der Waals surface area contributed by atoms with E-state index in [1.54, 1.807) is 0 Å². The highest BCUT2D eigenvalue weighted by Crippen LogP contribution is 2.17. The zero-order chi connectivity index (χ0) is 19.6. The van der Waals surface area contributed by atoms with Crippen molar-refractivity contribution in [1.82, 2.24) is 14.5 Å². The molecule has 2 heterocycles. The second-order valence-electron chi connectivity index (χ2n) is 5.57. The van der Waals surface area contributed by atoms with Crippen molar-refractivity contribution >= 4 is 23.3 Å². The zero-order valence-corrected chi connectivity index (χ0v) is 14.3. The van der Waals surface area contributed by atoms with Gasteiger partial charge in [-0.2, -0.15) is 0 Å². The van der Waals surface area contributed by atoms with E-state index < -0.39 is 23.4 Å². The van der Waals surface area contributed by atoms with Crippen LogP contribution in [-0.2, 0) is 13.2 Å². The van der Waals surface area contributed by atoms with E-state index >= 15 is 0 Å². The van der Waals surface area contributed by atoms with Gasteiger partial charge in [-0.15, -0.1) is 0 Å². The van der Waals surface area contributed by atoms with Gasteiger partial charge >= 0.3 is 0 Å². The van der Waals surface area contributed by atoms with E-state index in [1.165, 1.54) is 29.4 Å². The first-order valence-corrected chi connectivity index (χ1v) is 7.97. The predicted molar refractivity (Wildman–Crippen MR) is 90.8 cm³/mol. The number of rotatable bonds is 5. The number of benzene rings is 1. The average Bonchev–Trinajstić information content (AvgIpc) is 3.06. The molecule has 10 heteroatoms. The summed E-state index contributed by atoms with van der Waals surface area (Å²) >= 11 is 5.90. The van der Waals surface area contributed by atoms with Crippen LogP contribution in [0.15, 0.2) is 36.9 Å². The molecule has 0 saturated carbocycles. The zero-order valence-electron chi connectivity index (χ0n) is 13.6. The van der Waals surface area contributed by atoms with Crippen LogP contribution < -0.4 is 5.32 Å². The molecular weight excluding hydrogens is 385 g/mol. The number of amides is 1. The van der Waals surface area contributed by atoms with Gasteiger partial charge in [-0.25, -0.2) is 18.2 Å². The fourth-order valence-electron chi connectivity index (χ4n) is 2.32. The number of nitrogens with one attached hydrogen (secondary N) is 1. The number of halogens is 4. The van der Waals surface area contributed by atoms with Crippen molar-refractivity contribution in [2.45, 2.75) is 13.2 Å². The third-order valence-electron chi connectivity index (χ3n) is 3.61. The molecule has 1 amide bonds. The van der Waals surface area contributed by atoms with Crippen molar-refractivity contribution in [1.29, 1.82) is 0 Å². The van der Waals surface area contributed by atoms with Gasteiger partial charge in [0.05, 0.1) is 29.2 Å². The van der Waals surface area contributed by atoms with Crippen molar-refractivity contribution in [3.63, 3.8) is 0 Å². The van der Waals surface area contributed by atoms with Gasteiger partial charge in [0.25, 0.3) is 5.91 Å². The number of aromatic nitrogens is 3. The second-order valence-corrected chi connectivity index (χ2v) is 5.98. The fraction of sp³-hybridized carbons (Fsp3) is 0.118. The number of aliphatic hydroxyl groups is 1. The molecule has 2 aromatic heterocycles. The largest absolute Gasteiger partial charge is 0.390 e. The summed E-state index contributed by atoms with van der Waals surface area (Å²) in [6.45, 7) is -0.328. The van der Waals surface area contributed by atoms with Gasteiger partial charge in [0.1, 0.15) is 0 Å². The normalized spacial score (nSPS) is 10.9. The summed E-state index contributed by atoms with van der Waals surface area (Å²) < 4.78 is 41.0. The Morgan fingerprint density at radius 3 is 2.52 bits per heavy atom. The minimum atomic E-state index is -1.53. The van der Waals surface area contributed by atoms with Crippen LogP contribution in [0.2, 0.25) is 5.02 Å². The van der Waals surface area contributed by atoms with Crippen LogP contribution in [-0.4, -0.2) is 25.5 Å². The number of nitrogens with zero attached hydrogens (tertiary/aromatic N) is 3. The van der Waals surface area contributed by atoms with Gasteiger partial charge in [-0.05, 0) is 23.8 Å². The Bertz CT molecular complexity index is 987. The lowest BCUT2D eigenvalue weighted by Crippen LogP contribution is -2.13. The molecule has 0 radical (unpaired) electrons. The topological polar surface area (TPSA) is 80.0 Å². The number of carbonyl (C=O) groups excluding carboxylic acids is 1. The van der Waals surface area contributed by atoms with Crippen LogP contribution in [0.4, 0.5) is 19.0 Å². The quantitative estimate of drug-likeness (QED) is 0.649. The second kappa shape index (κ2) is 7.77. The molecule has 2 N–H and O–H groups in total. The maximum Gasteiger partial charge on any atom is 0.258 e. The average molecular weight is 397 g/mol. The van der Waals surface area contributed by atoms with Crippen molar-refractivity contribution in [3.8, 4) is 0 Å². The Labute approximate surface area is 156 Å². The monoisotopic (exact) mass is 396 g/mol. The third-order valence-corrected chi connectivity index (χ3v) is 3.94. The summed E-state index contributed by atoms with van der Waals surface area (Å²) in [6, 6.07) is 3.12. The Kier molecular flexibility index (Phi) is 5.43. The van der Waals surface area contributed by atoms with Gasteiger partial charge < -0.3 is 15.0 Å². The summed E-state index contributed by atoms with van der Waals surface area (Å²) in [5.41, 5.74) is 0.600. The molecule has 0 fully saturated rings. The number of imidazole rings is 1. The molecule has 0 spiro atoms. The smallest absolute Gasteiger partial charge is 0.258 e. The van der Waals surface area contributed by atoms with Crippen LogP contribution in [0.25, 0.3) is 0 Å². The summed E-state index contributed by atoms with van der Waals surface area (Å²) in [6.07, 6.45) is 4.04. The molecule has 6 nitrogen and oxygen atoms in total. The molecule has 0 unspecified atom stereocenters. The Hall–Kier alpha value is -2.91. The van der Waals surface area contributed by atoms with E-state index in [1.807, 2.05) is 0 Å². The highest BCUT2D eigenvalue weighted by atomic mass is 35.5. The minimum Gasteiger partial charge on any atom is -0.390 e. The molecule has 0 aliphatic carbocycles. The lowest BCUT2D eigenvalue weighted by molar-refractivity contribution is 0.102. The maximum atomic E-state index is 13.3. The molecule has 3 aromatic rings. The highest BCUT2D eigenvalue weighted by molar-refractivity contribution is 6.31. The van der Waals surface area contributed by atoms with E-state index in [2.05, 4.69) is 15.3 Å². The first-order valence-electron chi connectivity index (χ1n) is 7.59. The fourth-order valence-corrected chi connectivity index (χ4v) is 2.54. The standard InChI is InChI=1S/C17H12ClF3N4O2/c18-11-3-10(4-22-14(11)7-26)17(27)24-15-6-25(8-23-15)5-9-1-12(19)16(21)13(20)2-9/h1-4,6,8,26H,5,7H2,(H,24,27). The van der Waals surface area contributed by atoms with Crippen LogP contribution in [0, 0.1) is 17.5 Å². The Morgan fingerprint density at radius 1 is 1.19 bits per heavy atom. The molecular formula is C17H12ClF3N4O2. The summed E-state index contributed by atoms with van der Waals surface area (Å²) in [7, 11) is 0. The molecule has 27 heavy (non-hydrogen) atoms. The van der Waals surface area contributed by atoms with Crippen molar-refractivity contribution in [2.75, 3.05) is 5.32 Å². The van der Waals surface area contributed by atoms with Gasteiger partial charge in [-0.1, -0.05) is 11.6 Å². The third kappa shape index (κ3) is 4.26. The van der Waals surface area contributed by atoms with Crippen LogP contribution in [0.3, 0.4) is 0 Å². The van der Waals surface area contributed by atoms with E-state index in [0.29, 0.717) is 0 Å². The van der Waals surface area contributed by atoms with E-state index in [-0.39, 0.29) is 40.8 Å². The van der Waals surface area contributed by atoms with Crippen LogP contribution in [0.5, 0.6) is 0 Å². The Morgan fingerprint density at radius 2 is 1.89 bits per heavy atom. The van der Waals surface area contributed by atoms with Gasteiger partial charge in [-0.3, -0.25) is 9.78 Å². The SMILES string of the molecule is O=C(Nc1cn(Cc2cc(F)c(F)c(F)c2)cn1)c1cnc(CO)c(Cl)c1. The van der Waals surface area contributed by atoms with Crippen molar-refractivity contribution < 1.29 is 23.1 Å². The van der Waals surface area contributed by atoms with Crippen molar-refractivity contribution in [3.05, 3.63) is 76.2 Å². The van der Waals surface area contributed by atoms with Crippen molar-refractivity contribution in [2.24, 2.45) is 0 Å². The minimum absolute atomic E-state index is 0.0234. The Balaban J connectivity index is 1.71. The molecule has 0 atom stereocenters. The number of anilines is 1. The van der Waals surface area contributed by atoms with Gasteiger partial charge in [0.2, 0.25) is 0 Å². The number of hydrogen-bond donors (Lipinski definition) is 2. The first kappa shape index (κ1) is 18.9. The molecule has 0 aliphatic rings. The number of aliphatic hydroxyl groups excluding tert-OH is 1. The summed E-state index contributed by atoms with van der Waals surface area (Å²) in [5, 5.41) is 11.7. The molecule has 0 aliphatic heterocycles. The summed E-state index contributed by atoms with van der Waals surface area (Å²) in [4.78, 5) is 20.0. The van der Waals surface area contributed by atoms with E-state index in [4.69, 9.17) is 16.7 Å². The summed E-state index contributed by atoms with van der Waals surface area (Å²) in [5.74, 6) is -4.44. The molecule has 140 valence electrons. The van der Waals surface area contributed by atoms with Gasteiger partial charge in [0, 0.05) is 18.9 Å². The van der Waals surface area contributed by atoms with Crippen LogP contribution in [0.1, 0.15) is 21.6 Å². The van der Waals surface area contributed by atoms with Gasteiger partial charge in [0.15, 0.2) is 23.3 Å². The van der Waals surface area contributed by atoms with E-state index in [9.17, 15) is 18.0 Å². The molecule has 0 saturated heterocycles. The lowest BCUT2D eigenvalue weighted by Gasteiger charge is -2.05. The number of carbonyl (C=O) groups is 1. The van der Waals surface area contributed by atoms with Crippen LogP contribution >= 0.6 is 11.6 Å². The number of pyridine rings is 1.